The molecule has 5 aromatic carbocycles. The van der Waals surface area contributed by atoms with E-state index in [1.807, 2.05) is 116 Å². The number of carbonyl (C=O) groups is 4. The van der Waals surface area contributed by atoms with Crippen LogP contribution in [0.5, 0.6) is 5.75 Å². The first kappa shape index (κ1) is 33.4. The molecule has 0 aromatic heterocycles. The number of amides is 4. The molecule has 268 valence electrons. The van der Waals surface area contributed by atoms with Crippen LogP contribution in [-0.2, 0) is 24.6 Å². The van der Waals surface area contributed by atoms with E-state index in [0.717, 1.165) is 27.5 Å². The molecule has 9 nitrogen and oxygen atoms in total. The Morgan fingerprint density at radius 3 is 2.00 bits per heavy atom. The predicted octanol–water partition coefficient (Wildman–Crippen LogP) is 7.63. The lowest BCUT2D eigenvalue weighted by Gasteiger charge is -2.50. The first-order chi connectivity index (χ1) is 26.3. The topological polar surface area (TPSA) is 119 Å². The molecule has 6 unspecified atom stereocenters. The van der Waals surface area contributed by atoms with Crippen LogP contribution in [0.2, 0.25) is 0 Å². The molecule has 3 fully saturated rings. The monoisotopic (exact) mass is 714 g/mol. The van der Waals surface area contributed by atoms with Gasteiger partial charge in [0.1, 0.15) is 5.75 Å². The second kappa shape index (κ2) is 12.9. The zero-order valence-electron chi connectivity index (χ0n) is 29.6. The second-order valence-electron chi connectivity index (χ2n) is 14.7. The van der Waals surface area contributed by atoms with Gasteiger partial charge in [-0.1, -0.05) is 96.1 Å². The molecule has 3 N–H and O–H groups in total. The number of allylic oxidation sites excluding steroid dienone is 2. The lowest BCUT2D eigenvalue weighted by atomic mass is 9.49. The van der Waals surface area contributed by atoms with Crippen molar-refractivity contribution in [2.75, 3.05) is 15.6 Å². The average Bonchev–Trinajstić information content (AvgIpc) is 3.58. The van der Waals surface area contributed by atoms with Crippen molar-refractivity contribution in [2.24, 2.45) is 23.7 Å². The number of imide groups is 2. The summed E-state index contributed by atoms with van der Waals surface area (Å²) in [6, 6.07) is 40.6. The van der Waals surface area contributed by atoms with Gasteiger partial charge in [-0.3, -0.25) is 29.5 Å². The molecule has 5 aromatic rings. The molecule has 4 amide bonds. The van der Waals surface area contributed by atoms with Crippen molar-refractivity contribution < 1.29 is 24.3 Å². The first-order valence-corrected chi connectivity index (χ1v) is 18.3. The zero-order valence-corrected chi connectivity index (χ0v) is 29.6. The molecule has 9 rings (SSSR count). The number of phenolic OH excluding ortho intramolecular Hbond substituents is 1. The van der Waals surface area contributed by atoms with Crippen LogP contribution in [0.15, 0.2) is 145 Å². The maximum Gasteiger partial charge on any atom is 0.260 e. The SMILES string of the molecule is Cc1ccc(NN2C(=O)C3CC4C(=CCC5C(=O)N(c6ccc(Nc7ccccc7)cc6)C(=O)C54)C(c4ccccc4O)C3(c3ccccc3)C2=O)cc1. The van der Waals surface area contributed by atoms with Gasteiger partial charge in [0, 0.05) is 22.9 Å². The van der Waals surface area contributed by atoms with Gasteiger partial charge in [-0.25, -0.2) is 0 Å². The van der Waals surface area contributed by atoms with Gasteiger partial charge in [-0.05, 0) is 85.8 Å². The Morgan fingerprint density at radius 1 is 0.667 bits per heavy atom. The number of hydrogen-bond donors (Lipinski definition) is 3. The third-order valence-electron chi connectivity index (χ3n) is 11.8. The molecule has 0 radical (unpaired) electrons. The summed E-state index contributed by atoms with van der Waals surface area (Å²) < 4.78 is 0. The van der Waals surface area contributed by atoms with E-state index >= 15 is 4.79 Å². The minimum atomic E-state index is -1.45. The minimum Gasteiger partial charge on any atom is -0.508 e. The molecule has 54 heavy (non-hydrogen) atoms. The highest BCUT2D eigenvalue weighted by Gasteiger charge is 2.70. The number of aromatic hydroxyl groups is 1. The van der Waals surface area contributed by atoms with Crippen LogP contribution in [0.4, 0.5) is 22.7 Å². The van der Waals surface area contributed by atoms with Gasteiger partial charge in [-0.15, -0.1) is 0 Å². The fourth-order valence-electron chi connectivity index (χ4n) is 9.46. The molecular weight excluding hydrogens is 677 g/mol. The second-order valence-corrected chi connectivity index (χ2v) is 14.7. The van der Waals surface area contributed by atoms with Gasteiger partial charge < -0.3 is 10.4 Å². The molecule has 0 bridgehead atoms. The molecule has 2 aliphatic carbocycles. The minimum absolute atomic E-state index is 0.00919. The maximum atomic E-state index is 15.2. The fourth-order valence-corrected chi connectivity index (χ4v) is 9.46. The molecule has 2 aliphatic heterocycles. The molecule has 9 heteroatoms. The molecule has 2 saturated heterocycles. The van der Waals surface area contributed by atoms with Gasteiger partial charge in [-0.2, -0.15) is 5.01 Å². The number of carbonyl (C=O) groups excluding carboxylic acids is 4. The van der Waals surface area contributed by atoms with Crippen molar-refractivity contribution in [3.63, 3.8) is 0 Å². The quantitative estimate of drug-likeness (QED) is 0.117. The van der Waals surface area contributed by atoms with Crippen LogP contribution >= 0.6 is 0 Å². The number of phenols is 1. The van der Waals surface area contributed by atoms with E-state index in [9.17, 15) is 19.5 Å². The average molecular weight is 715 g/mol. The highest BCUT2D eigenvalue weighted by atomic mass is 16.3. The Morgan fingerprint density at radius 2 is 1.30 bits per heavy atom. The Balaban J connectivity index is 1.14. The number of anilines is 4. The number of hydrogen-bond acceptors (Lipinski definition) is 7. The molecule has 4 aliphatic rings. The van der Waals surface area contributed by atoms with E-state index in [1.165, 1.54) is 4.90 Å². The van der Waals surface area contributed by atoms with Gasteiger partial charge >= 0.3 is 0 Å². The van der Waals surface area contributed by atoms with Crippen LogP contribution in [-0.4, -0.2) is 33.7 Å². The normalized spacial score (nSPS) is 25.9. The van der Waals surface area contributed by atoms with Crippen LogP contribution in [0, 0.1) is 30.6 Å². The van der Waals surface area contributed by atoms with Crippen LogP contribution < -0.4 is 15.6 Å². The summed E-state index contributed by atoms with van der Waals surface area (Å²) in [6.07, 6.45) is 2.47. The van der Waals surface area contributed by atoms with Gasteiger partial charge in [0.25, 0.3) is 11.8 Å². The first-order valence-electron chi connectivity index (χ1n) is 18.3. The van der Waals surface area contributed by atoms with E-state index in [4.69, 9.17) is 0 Å². The Bertz CT molecular complexity index is 2330. The van der Waals surface area contributed by atoms with Gasteiger partial charge in [0.2, 0.25) is 11.8 Å². The number of nitrogens with one attached hydrogen (secondary N) is 2. The summed E-state index contributed by atoms with van der Waals surface area (Å²) in [5.74, 6) is -5.07. The molecule has 1 saturated carbocycles. The number of nitrogens with zero attached hydrogens (tertiary/aromatic N) is 2. The number of hydrazine groups is 1. The summed E-state index contributed by atoms with van der Waals surface area (Å²) in [6.45, 7) is 1.96. The number of fused-ring (bicyclic) bond motifs is 4. The highest BCUT2D eigenvalue weighted by molar-refractivity contribution is 6.22. The molecular formula is C45H38N4O5. The summed E-state index contributed by atoms with van der Waals surface area (Å²) in [5.41, 5.74) is 7.42. The van der Waals surface area contributed by atoms with Crippen molar-refractivity contribution in [3.8, 4) is 5.75 Å². The smallest absolute Gasteiger partial charge is 0.260 e. The summed E-state index contributed by atoms with van der Waals surface area (Å²) in [5, 5.41) is 16.0. The van der Waals surface area contributed by atoms with Crippen LogP contribution in [0.1, 0.15) is 35.4 Å². The summed E-state index contributed by atoms with van der Waals surface area (Å²) in [7, 11) is 0. The van der Waals surface area contributed by atoms with E-state index < -0.39 is 46.8 Å². The maximum absolute atomic E-state index is 15.2. The lowest BCUT2D eigenvalue weighted by Crippen LogP contribution is -2.53. The molecule has 0 spiro atoms. The highest BCUT2D eigenvalue weighted by Crippen LogP contribution is 2.65. The number of aryl methyl sites for hydroxylation is 1. The van der Waals surface area contributed by atoms with Crippen molar-refractivity contribution >= 4 is 46.4 Å². The van der Waals surface area contributed by atoms with Crippen molar-refractivity contribution in [1.82, 2.24) is 5.01 Å². The largest absolute Gasteiger partial charge is 0.508 e. The van der Waals surface area contributed by atoms with E-state index in [1.54, 1.807) is 30.3 Å². The third-order valence-corrected chi connectivity index (χ3v) is 11.8. The van der Waals surface area contributed by atoms with E-state index in [2.05, 4.69) is 10.7 Å². The lowest BCUT2D eigenvalue weighted by molar-refractivity contribution is -0.138. The summed E-state index contributed by atoms with van der Waals surface area (Å²) in [4.78, 5) is 60.2. The van der Waals surface area contributed by atoms with Crippen LogP contribution in [0.25, 0.3) is 0 Å². The number of benzene rings is 5. The zero-order chi connectivity index (χ0) is 37.1. The summed E-state index contributed by atoms with van der Waals surface area (Å²) >= 11 is 0. The number of para-hydroxylation sites is 2. The third kappa shape index (κ3) is 5.06. The Hall–Kier alpha value is -6.48. The van der Waals surface area contributed by atoms with E-state index in [0.29, 0.717) is 22.5 Å². The standard InChI is InChI=1S/C45H38N4O5/c1-27-16-18-31(19-17-27)47-49-42(52)37-26-36-33(40(34-14-8-9-15-38(34)50)45(37,44(49)54)28-10-4-2-5-11-28)24-25-35-39(36)43(53)48(41(35)51)32-22-20-30(21-23-32)46-29-12-6-3-7-13-29/h2-24,35-37,39-40,46-47,50H,25-26H2,1H3. The molecule has 2 heterocycles. The van der Waals surface area contributed by atoms with E-state index in [-0.39, 0.29) is 30.4 Å². The molecule has 6 atom stereocenters. The number of rotatable bonds is 7. The predicted molar refractivity (Wildman–Crippen MR) is 206 cm³/mol. The van der Waals surface area contributed by atoms with Crippen LogP contribution in [0.3, 0.4) is 0 Å². The van der Waals surface area contributed by atoms with Crippen molar-refractivity contribution in [1.29, 1.82) is 0 Å². The van der Waals surface area contributed by atoms with Crippen molar-refractivity contribution in [3.05, 3.63) is 162 Å². The van der Waals surface area contributed by atoms with Gasteiger partial charge in [0.15, 0.2) is 0 Å². The van der Waals surface area contributed by atoms with Crippen molar-refractivity contribution in [2.45, 2.75) is 31.1 Å². The van der Waals surface area contributed by atoms with Gasteiger partial charge in [0.05, 0.1) is 34.5 Å². The fraction of sp³-hybridized carbons (Fsp3) is 0.200. The Labute approximate surface area is 312 Å². The Kier molecular flexibility index (Phi) is 7.96.